The van der Waals surface area contributed by atoms with Crippen LogP contribution in [-0.4, -0.2) is 15.4 Å². The number of nitrogens with one attached hydrogen (secondary N) is 1. The maximum absolute atomic E-state index is 10.3. The average molecular weight is 622 g/mol. The third-order valence-corrected chi connectivity index (χ3v) is 7.33. The van der Waals surface area contributed by atoms with E-state index in [-0.39, 0.29) is 62.8 Å². The van der Waals surface area contributed by atoms with Gasteiger partial charge in [-0.1, -0.05) is 120 Å². The summed E-state index contributed by atoms with van der Waals surface area (Å²) in [4.78, 5) is 10.3. The van der Waals surface area contributed by atoms with E-state index < -0.39 is 0 Å². The zero-order chi connectivity index (χ0) is 23.6. The third-order valence-electron chi connectivity index (χ3n) is 6.08. The molecule has 0 spiro atoms. The SMILES string of the molecule is [Cl-].[Cl-].[NH-]C(=O)C1CCCC1.[Zr+4].c1ccc([Si]c2ccccc2)cc1.c1ccc2c(c1)[cH-]c1ccccc12. The maximum atomic E-state index is 10.3. The molecule has 0 aliphatic heterocycles. The Morgan fingerprint density at radius 3 is 1.41 bits per heavy atom. The van der Waals surface area contributed by atoms with Gasteiger partial charge in [-0.05, 0) is 12.8 Å². The van der Waals surface area contributed by atoms with Crippen molar-refractivity contribution in [1.29, 1.82) is 0 Å². The normalized spacial score (nSPS) is 12.0. The van der Waals surface area contributed by atoms with Crippen molar-refractivity contribution in [2.24, 2.45) is 5.92 Å². The number of amides is 1. The van der Waals surface area contributed by atoms with Crippen molar-refractivity contribution < 1.29 is 55.8 Å². The van der Waals surface area contributed by atoms with Gasteiger partial charge in [0.25, 0.3) is 0 Å². The van der Waals surface area contributed by atoms with Gasteiger partial charge in [-0.25, -0.2) is 0 Å². The fraction of sp³-hybridized carbons (Fsp3) is 0.161. The van der Waals surface area contributed by atoms with Crippen LogP contribution in [0.5, 0.6) is 0 Å². The van der Waals surface area contributed by atoms with E-state index in [4.69, 9.17) is 5.73 Å². The molecule has 6 heteroatoms. The zero-order valence-corrected chi connectivity index (χ0v) is 25.5. The Balaban J connectivity index is 0.000000275. The zero-order valence-electron chi connectivity index (χ0n) is 20.5. The van der Waals surface area contributed by atoms with Gasteiger partial charge in [0.1, 0.15) is 9.52 Å². The van der Waals surface area contributed by atoms with E-state index in [1.807, 2.05) is 0 Å². The van der Waals surface area contributed by atoms with Crippen LogP contribution in [0, 0.1) is 5.92 Å². The minimum absolute atomic E-state index is 0. The van der Waals surface area contributed by atoms with Gasteiger partial charge in [-0.2, -0.15) is 0 Å². The van der Waals surface area contributed by atoms with Crippen molar-refractivity contribution in [3.63, 3.8) is 0 Å². The Labute approximate surface area is 254 Å². The summed E-state index contributed by atoms with van der Waals surface area (Å²) in [7, 11) is 0.777. The van der Waals surface area contributed by atoms with Gasteiger partial charge in [0.2, 0.25) is 0 Å². The van der Waals surface area contributed by atoms with Gasteiger partial charge in [-0.15, -0.1) is 39.7 Å². The molecule has 1 N–H and O–H groups in total. The third kappa shape index (κ3) is 9.94. The summed E-state index contributed by atoms with van der Waals surface area (Å²) < 4.78 is 0. The molecule has 0 unspecified atom stereocenters. The van der Waals surface area contributed by atoms with E-state index in [0.29, 0.717) is 0 Å². The molecule has 186 valence electrons. The van der Waals surface area contributed by atoms with Crippen LogP contribution in [0.2, 0.25) is 0 Å². The monoisotopic (exact) mass is 619 g/mol. The van der Waals surface area contributed by atoms with Crippen LogP contribution >= 0.6 is 0 Å². The topological polar surface area (TPSA) is 40.9 Å². The molecule has 5 aromatic carbocycles. The predicted molar refractivity (Wildman–Crippen MR) is 146 cm³/mol. The molecule has 0 atom stereocenters. The molecule has 1 aliphatic carbocycles. The molecule has 6 rings (SSSR count). The van der Waals surface area contributed by atoms with E-state index in [0.717, 1.165) is 35.2 Å². The minimum atomic E-state index is -0.359. The Morgan fingerprint density at radius 2 is 1.03 bits per heavy atom. The first kappa shape index (κ1) is 32.9. The van der Waals surface area contributed by atoms with Crippen molar-refractivity contribution in [2.75, 3.05) is 0 Å². The number of carbonyl (C=O) groups excluding carboxylic acids is 1. The summed E-state index contributed by atoms with van der Waals surface area (Å²) in [5.41, 5.74) is 6.74. The number of rotatable bonds is 3. The van der Waals surface area contributed by atoms with E-state index in [2.05, 4.69) is 115 Å². The summed E-state index contributed by atoms with van der Waals surface area (Å²) in [6.07, 6.45) is 4.22. The number of halogens is 2. The first-order chi connectivity index (χ1) is 16.7. The molecular formula is C31H29Cl2NOSiZr. The van der Waals surface area contributed by atoms with Gasteiger partial charge in [0.05, 0.1) is 5.91 Å². The standard InChI is InChI=1S/C13H9.C12H10Si.C6H11NO.2ClH.Zr/c1-3-7-12-10(5-1)9-11-6-2-4-8-13(11)12;1-3-7-11(8-4-1)13-12-9-5-2-6-10-12;7-6(8)5-3-1-2-4-5;;;/h1-9H;1-10H;5H,1-4H2,(H2,7,8);2*1H;/q-1;;;;;+4/p-3. The molecule has 5 aromatic rings. The van der Waals surface area contributed by atoms with Crippen molar-refractivity contribution in [3.05, 3.63) is 121 Å². The fourth-order valence-electron chi connectivity index (χ4n) is 4.30. The van der Waals surface area contributed by atoms with E-state index in [1.54, 1.807) is 0 Å². The number of hydrogen-bond acceptors (Lipinski definition) is 1. The van der Waals surface area contributed by atoms with E-state index in [1.165, 1.54) is 31.9 Å². The maximum Gasteiger partial charge on any atom is 4.00 e. The molecule has 2 radical (unpaired) electrons. The summed E-state index contributed by atoms with van der Waals surface area (Å²) in [6.45, 7) is 0. The van der Waals surface area contributed by atoms with Crippen LogP contribution in [-0.2, 0) is 31.0 Å². The van der Waals surface area contributed by atoms with Crippen LogP contribution in [0.25, 0.3) is 27.3 Å². The Hall–Kier alpha value is -2.10. The molecule has 0 heterocycles. The van der Waals surface area contributed by atoms with Crippen LogP contribution < -0.4 is 35.2 Å². The Kier molecular flexibility index (Phi) is 15.5. The summed E-state index contributed by atoms with van der Waals surface area (Å²) >= 11 is 0. The smallest absolute Gasteiger partial charge is 1.00 e. The number of carbonyl (C=O) groups is 1. The van der Waals surface area contributed by atoms with Crippen molar-refractivity contribution in [1.82, 2.24) is 0 Å². The van der Waals surface area contributed by atoms with Gasteiger partial charge in [0.15, 0.2) is 0 Å². The van der Waals surface area contributed by atoms with Crippen LogP contribution in [0.15, 0.2) is 115 Å². The molecule has 0 bridgehead atoms. The quantitative estimate of drug-likeness (QED) is 0.217. The summed E-state index contributed by atoms with van der Waals surface area (Å²) in [5.74, 6) is -0.266. The van der Waals surface area contributed by atoms with Crippen LogP contribution in [0.1, 0.15) is 25.7 Å². The predicted octanol–water partition coefficient (Wildman–Crippen LogP) is 0.814. The second kappa shape index (κ2) is 17.4. The second-order valence-electron chi connectivity index (χ2n) is 8.52. The molecule has 1 fully saturated rings. The number of benzene rings is 4. The summed E-state index contributed by atoms with van der Waals surface area (Å²) in [6, 6.07) is 40.4. The van der Waals surface area contributed by atoms with Crippen molar-refractivity contribution >= 4 is 47.3 Å². The molecule has 1 amide bonds. The van der Waals surface area contributed by atoms with Gasteiger partial charge < -0.3 is 35.3 Å². The van der Waals surface area contributed by atoms with E-state index in [9.17, 15) is 4.79 Å². The Bertz CT molecular complexity index is 1230. The van der Waals surface area contributed by atoms with Crippen molar-refractivity contribution in [2.45, 2.75) is 25.7 Å². The summed E-state index contributed by atoms with van der Waals surface area (Å²) in [5, 5.41) is 8.19. The van der Waals surface area contributed by atoms with Gasteiger partial charge >= 0.3 is 26.2 Å². The molecule has 0 saturated heterocycles. The molecule has 2 nitrogen and oxygen atoms in total. The van der Waals surface area contributed by atoms with Crippen LogP contribution in [0.4, 0.5) is 0 Å². The first-order valence-corrected chi connectivity index (χ1v) is 12.9. The largest absolute Gasteiger partial charge is 4.00 e. The Morgan fingerprint density at radius 1 is 0.649 bits per heavy atom. The molecular weight excluding hydrogens is 593 g/mol. The molecule has 37 heavy (non-hydrogen) atoms. The van der Waals surface area contributed by atoms with Gasteiger partial charge in [-0.3, -0.25) is 0 Å². The number of fused-ring (bicyclic) bond motifs is 3. The van der Waals surface area contributed by atoms with Crippen LogP contribution in [0.3, 0.4) is 0 Å². The average Bonchev–Trinajstić information content (AvgIpc) is 3.55. The molecule has 1 saturated carbocycles. The minimum Gasteiger partial charge on any atom is -1.00 e. The molecule has 1 aliphatic rings. The first-order valence-electron chi connectivity index (χ1n) is 11.9. The van der Waals surface area contributed by atoms with Crippen molar-refractivity contribution in [3.8, 4) is 0 Å². The molecule has 0 aromatic heterocycles. The second-order valence-corrected chi connectivity index (χ2v) is 9.93. The fourth-order valence-corrected chi connectivity index (χ4v) is 5.35. The van der Waals surface area contributed by atoms with Gasteiger partial charge in [0, 0.05) is 5.92 Å². The number of hydrogen-bond donors (Lipinski definition) is 0. The van der Waals surface area contributed by atoms with E-state index >= 15 is 0 Å².